The van der Waals surface area contributed by atoms with Gasteiger partial charge in [0.1, 0.15) is 43.1 Å². The molecular weight excluding hydrogens is 783 g/mol. The zero-order chi connectivity index (χ0) is 31.8. The fourth-order valence-electron chi connectivity index (χ4n) is 3.81. The van der Waals surface area contributed by atoms with Gasteiger partial charge >= 0.3 is 88.7 Å². The van der Waals surface area contributed by atoms with Crippen LogP contribution in [0.2, 0.25) is 0 Å². The van der Waals surface area contributed by atoms with Gasteiger partial charge in [0, 0.05) is 41.7 Å². The normalized spacial score (nSPS) is 18.3. The van der Waals surface area contributed by atoms with Crippen LogP contribution in [0.1, 0.15) is 6.92 Å². The minimum absolute atomic E-state index is 0. The zero-order valence-corrected chi connectivity index (χ0v) is 34.3. The number of carbonyl (C=O) groups excluding carboxylic acids is 1. The number of benzene rings is 1. The predicted molar refractivity (Wildman–Crippen MR) is 134 cm³/mol. The standard InChI is InChI=1S/C20H21N3O15S4.Cu.3Na/c1-10(24)21-15-8-13(40(29,30)31)6-11-7-17(41(32,33)34)19(20(26)18(11)15)23-22-14-3-2-12(9-16(14)25)39(27,28)5-4-38-42(35,36)37;;;;/h2-3,6-9,11,18,25-26H,4-5H2,1H3,(H,21,24)(H,29,30,31)(H,32,33,34)(H,35,36,37);;;;/q;;3*+1/p-3. The Morgan fingerprint density at radius 1 is 0.935 bits per heavy atom. The Morgan fingerprint density at radius 2 is 1.52 bits per heavy atom. The van der Waals surface area contributed by atoms with Gasteiger partial charge in [-0.3, -0.25) is 8.98 Å². The molecule has 0 aromatic heterocycles. The van der Waals surface area contributed by atoms with E-state index in [0.29, 0.717) is 12.1 Å². The molecule has 0 bridgehead atoms. The number of amides is 1. The second-order valence-corrected chi connectivity index (χ2v) is 14.4. The molecule has 2 unspecified atom stereocenters. The second-order valence-electron chi connectivity index (χ2n) is 8.48. The van der Waals surface area contributed by atoms with E-state index in [1.54, 1.807) is 0 Å². The SMILES string of the molecule is CC(=O)NC1=CC(S(=O)(=O)[O-])=CC2C=C(S(=O)(=O)[O-])C(N=Nc3ccc(S(=O)(=O)CCOS(=O)(=O)[O-])cc3O)=C(O)C12.[Cu].[Na+].[Na+].[Na+]. The first-order chi connectivity index (χ1) is 19.1. The van der Waals surface area contributed by atoms with Crippen molar-refractivity contribution in [3.63, 3.8) is 0 Å². The number of nitrogens with one attached hydrogen (secondary N) is 1. The second kappa shape index (κ2) is 18.3. The molecule has 0 fully saturated rings. The largest absolute Gasteiger partial charge is 1.00 e. The van der Waals surface area contributed by atoms with E-state index in [4.69, 9.17) is 0 Å². The van der Waals surface area contributed by atoms with Gasteiger partial charge in [-0.1, -0.05) is 12.2 Å². The third kappa shape index (κ3) is 12.7. The Kier molecular flexibility index (Phi) is 19.2. The van der Waals surface area contributed by atoms with Crippen LogP contribution in [0.25, 0.3) is 0 Å². The Hall–Kier alpha value is 0.00948. The first-order valence-electron chi connectivity index (χ1n) is 11.0. The number of aliphatic hydroxyl groups excluding tert-OH is 1. The van der Waals surface area contributed by atoms with E-state index in [-0.39, 0.29) is 111 Å². The summed E-state index contributed by atoms with van der Waals surface area (Å²) >= 11 is 0. The van der Waals surface area contributed by atoms with E-state index in [0.717, 1.165) is 31.2 Å². The summed E-state index contributed by atoms with van der Waals surface area (Å²) in [5.74, 6) is -6.49. The predicted octanol–water partition coefficient (Wildman–Crippen LogP) is -9.36. The molecule has 3 rings (SSSR count). The number of aromatic hydroxyl groups is 1. The number of rotatable bonds is 10. The third-order valence-electron chi connectivity index (χ3n) is 5.51. The maximum absolute atomic E-state index is 12.3. The molecule has 2 aliphatic carbocycles. The van der Waals surface area contributed by atoms with Gasteiger partial charge in [-0.25, -0.2) is 33.7 Å². The van der Waals surface area contributed by atoms with Crippen LogP contribution in [0, 0.1) is 11.8 Å². The molecule has 46 heavy (non-hydrogen) atoms. The van der Waals surface area contributed by atoms with Crippen LogP contribution in [0.3, 0.4) is 0 Å². The van der Waals surface area contributed by atoms with E-state index in [1.807, 2.05) is 0 Å². The molecule has 241 valence electrons. The summed E-state index contributed by atoms with van der Waals surface area (Å²) in [5, 5.41) is 30.4. The van der Waals surface area contributed by atoms with Crippen molar-refractivity contribution in [3.05, 3.63) is 63.4 Å². The van der Waals surface area contributed by atoms with Crippen LogP contribution in [-0.2, 0) is 66.5 Å². The van der Waals surface area contributed by atoms with Crippen LogP contribution in [0.5, 0.6) is 5.75 Å². The molecule has 1 aromatic carbocycles. The van der Waals surface area contributed by atoms with Crippen molar-refractivity contribution in [1.82, 2.24) is 5.32 Å². The van der Waals surface area contributed by atoms with Gasteiger partial charge in [0.05, 0.1) is 33.0 Å². The van der Waals surface area contributed by atoms with Gasteiger partial charge < -0.3 is 29.2 Å². The van der Waals surface area contributed by atoms with Crippen LogP contribution >= 0.6 is 0 Å². The molecule has 18 nitrogen and oxygen atoms in total. The van der Waals surface area contributed by atoms with Gasteiger partial charge in [-0.2, -0.15) is 0 Å². The number of nitrogens with zero attached hydrogens (tertiary/aromatic N) is 2. The number of fused-ring (bicyclic) bond motifs is 1. The Labute approximate surface area is 340 Å². The van der Waals surface area contributed by atoms with Crippen molar-refractivity contribution >= 4 is 52.1 Å². The topological polar surface area (TPSA) is 309 Å². The fraction of sp³-hybridized carbons (Fsp3) is 0.250. The molecule has 2 aliphatic rings. The molecule has 0 spiro atoms. The summed E-state index contributed by atoms with van der Waals surface area (Å²) in [6.07, 6.45) is 2.17. The molecule has 1 amide bonds. The number of azo groups is 1. The monoisotopic (exact) mass is 800 g/mol. The van der Waals surface area contributed by atoms with Crippen molar-refractivity contribution in [2.75, 3.05) is 12.4 Å². The molecule has 3 N–H and O–H groups in total. The number of phenols is 1. The number of phenolic OH excluding ortho intramolecular Hbond substituents is 1. The van der Waals surface area contributed by atoms with Crippen molar-refractivity contribution in [1.29, 1.82) is 0 Å². The number of hydrogen-bond acceptors (Lipinski definition) is 17. The van der Waals surface area contributed by atoms with Crippen LogP contribution in [-0.4, -0.2) is 75.8 Å². The van der Waals surface area contributed by atoms with Gasteiger partial charge in [-0.05, 0) is 18.2 Å². The molecular formula is C20H18CuN3Na3O15S4. The van der Waals surface area contributed by atoms with Crippen molar-refractivity contribution in [2.24, 2.45) is 22.1 Å². The minimum atomic E-state index is -5.45. The molecule has 1 aromatic rings. The smallest absolute Gasteiger partial charge is 0.744 e. The molecule has 0 heterocycles. The number of aliphatic hydroxyl groups is 1. The summed E-state index contributed by atoms with van der Waals surface area (Å²) in [6, 6.07) is 2.39. The van der Waals surface area contributed by atoms with Crippen LogP contribution in [0.15, 0.2) is 78.5 Å². The molecule has 26 heteroatoms. The third-order valence-corrected chi connectivity index (χ3v) is 9.34. The Morgan fingerprint density at radius 3 is 2.00 bits per heavy atom. The van der Waals surface area contributed by atoms with Gasteiger partial charge in [0.2, 0.25) is 16.3 Å². The molecule has 0 saturated carbocycles. The van der Waals surface area contributed by atoms with E-state index in [1.165, 1.54) is 0 Å². The van der Waals surface area contributed by atoms with Gasteiger partial charge in [-0.15, -0.1) is 10.2 Å². The van der Waals surface area contributed by atoms with E-state index < -0.39 is 108 Å². The summed E-state index contributed by atoms with van der Waals surface area (Å²) in [7, 11) is -20.0. The van der Waals surface area contributed by atoms with Crippen molar-refractivity contribution in [3.8, 4) is 5.75 Å². The zero-order valence-electron chi connectivity index (χ0n) is 24.1. The Bertz CT molecular complexity index is 1940. The van der Waals surface area contributed by atoms with Crippen LogP contribution in [0.4, 0.5) is 5.69 Å². The molecule has 1 radical (unpaired) electrons. The average Bonchev–Trinajstić information content (AvgIpc) is 2.81. The number of sulfone groups is 1. The Balaban J connectivity index is 0. The van der Waals surface area contributed by atoms with E-state index >= 15 is 0 Å². The van der Waals surface area contributed by atoms with Gasteiger partial charge in [0.25, 0.3) is 0 Å². The summed E-state index contributed by atoms with van der Waals surface area (Å²) < 4.78 is 131. The van der Waals surface area contributed by atoms with Crippen molar-refractivity contribution in [2.45, 2.75) is 11.8 Å². The molecule has 0 saturated heterocycles. The summed E-state index contributed by atoms with van der Waals surface area (Å²) in [6.45, 7) is -0.00434. The number of carbonyl (C=O) groups is 1. The first kappa shape index (κ1) is 48.1. The fourth-order valence-corrected chi connectivity index (χ4v) is 6.61. The summed E-state index contributed by atoms with van der Waals surface area (Å²) in [5.41, 5.74) is -1.85. The summed E-state index contributed by atoms with van der Waals surface area (Å²) in [4.78, 5) is 9.04. The van der Waals surface area contributed by atoms with E-state index in [9.17, 15) is 62.3 Å². The van der Waals surface area contributed by atoms with Crippen LogP contribution < -0.4 is 94.0 Å². The quantitative estimate of drug-likeness (QED) is 0.0857. The minimum Gasteiger partial charge on any atom is -0.744 e. The van der Waals surface area contributed by atoms with Crippen molar-refractivity contribution < 1.29 is 172 Å². The maximum Gasteiger partial charge on any atom is 1.00 e. The molecule has 2 atom stereocenters. The van der Waals surface area contributed by atoms with Gasteiger partial charge in [0.15, 0.2) is 9.84 Å². The van der Waals surface area contributed by atoms with E-state index in [2.05, 4.69) is 19.7 Å². The number of hydrogen-bond donors (Lipinski definition) is 3. The average molecular weight is 801 g/mol. The number of allylic oxidation sites excluding steroid dienone is 3. The maximum atomic E-state index is 12.3. The molecule has 0 aliphatic heterocycles. The first-order valence-corrected chi connectivity index (χ1v) is 16.8.